The normalized spacial score (nSPS) is 11.1. The number of nitro benzene ring substituents is 1. The minimum Gasteiger partial charge on any atom is -0.480 e. The first-order chi connectivity index (χ1) is 10.3. The summed E-state index contributed by atoms with van der Waals surface area (Å²) in [6, 6.07) is 4.70. The Labute approximate surface area is 126 Å². The highest BCUT2D eigenvalue weighted by Crippen LogP contribution is 2.27. The number of sulfonamides is 1. The van der Waals surface area contributed by atoms with Crippen molar-refractivity contribution < 1.29 is 23.2 Å². The van der Waals surface area contributed by atoms with Crippen LogP contribution in [0.15, 0.2) is 23.1 Å². The molecular weight excluding hydrogens is 314 g/mol. The molecule has 1 aromatic rings. The molecule has 9 nitrogen and oxygen atoms in total. The molecule has 0 heterocycles. The van der Waals surface area contributed by atoms with Gasteiger partial charge in [0.15, 0.2) is 0 Å². The Hall–Kier alpha value is -2.51. The van der Waals surface area contributed by atoms with Gasteiger partial charge < -0.3 is 5.11 Å². The summed E-state index contributed by atoms with van der Waals surface area (Å²) in [6.45, 7) is 0.787. The Morgan fingerprint density at radius 1 is 1.50 bits per heavy atom. The summed E-state index contributed by atoms with van der Waals surface area (Å²) in [5, 5.41) is 28.7. The van der Waals surface area contributed by atoms with E-state index in [1.54, 1.807) is 6.92 Å². The second-order valence-electron chi connectivity index (χ2n) is 4.25. The molecule has 22 heavy (non-hydrogen) atoms. The smallest absolute Gasteiger partial charge is 0.318 e. The molecule has 118 valence electrons. The minimum absolute atomic E-state index is 0.0812. The third kappa shape index (κ3) is 3.57. The van der Waals surface area contributed by atoms with Crippen LogP contribution < -0.4 is 0 Å². The maximum absolute atomic E-state index is 12.5. The molecule has 0 saturated carbocycles. The van der Waals surface area contributed by atoms with Gasteiger partial charge >= 0.3 is 5.97 Å². The predicted octanol–water partition coefficient (Wildman–Crippen LogP) is 0.952. The van der Waals surface area contributed by atoms with Crippen molar-refractivity contribution in [1.29, 1.82) is 5.26 Å². The molecule has 0 aliphatic rings. The van der Waals surface area contributed by atoms with Crippen LogP contribution in [0.2, 0.25) is 0 Å². The van der Waals surface area contributed by atoms with Crippen molar-refractivity contribution in [3.63, 3.8) is 0 Å². The summed E-state index contributed by atoms with van der Waals surface area (Å²) < 4.78 is 25.7. The summed E-state index contributed by atoms with van der Waals surface area (Å²) in [6.07, 6.45) is 0.351. The fourth-order valence-electron chi connectivity index (χ4n) is 1.82. The van der Waals surface area contributed by atoms with Crippen LogP contribution in [0.5, 0.6) is 0 Å². The Morgan fingerprint density at radius 3 is 2.59 bits per heavy atom. The van der Waals surface area contributed by atoms with Crippen LogP contribution in [0.25, 0.3) is 0 Å². The first-order valence-electron chi connectivity index (χ1n) is 6.15. The number of rotatable bonds is 7. The zero-order valence-electron chi connectivity index (χ0n) is 11.6. The maximum atomic E-state index is 12.5. The van der Waals surface area contributed by atoms with Crippen LogP contribution >= 0.6 is 0 Å². The highest BCUT2D eigenvalue weighted by molar-refractivity contribution is 7.89. The van der Waals surface area contributed by atoms with E-state index in [4.69, 9.17) is 10.4 Å². The van der Waals surface area contributed by atoms with Crippen LogP contribution in [0.1, 0.15) is 18.9 Å². The number of nitrogens with zero attached hydrogens (tertiary/aromatic N) is 3. The minimum atomic E-state index is -4.33. The second kappa shape index (κ2) is 6.97. The number of carboxylic acid groups (broad SMARTS) is 1. The highest BCUT2D eigenvalue weighted by atomic mass is 32.2. The number of hydrogen-bond donors (Lipinski definition) is 1. The van der Waals surface area contributed by atoms with Crippen LogP contribution in [0, 0.1) is 21.4 Å². The molecule has 0 amide bonds. The van der Waals surface area contributed by atoms with E-state index in [1.807, 2.05) is 0 Å². The molecule has 0 aliphatic heterocycles. The Morgan fingerprint density at radius 2 is 2.14 bits per heavy atom. The van der Waals surface area contributed by atoms with E-state index >= 15 is 0 Å². The van der Waals surface area contributed by atoms with Crippen LogP contribution in [0.3, 0.4) is 0 Å². The number of aliphatic carboxylic acids is 1. The molecule has 1 rings (SSSR count). The Balaban J connectivity index is 3.51. The fourth-order valence-corrected chi connectivity index (χ4v) is 3.46. The summed E-state index contributed by atoms with van der Waals surface area (Å²) in [5.41, 5.74) is -1.26. The standard InChI is InChI=1S/C12H13N3O6S/c1-2-6-14(8-12(16)17)22(20,21)11-5-3-4-10(15(18)19)9(11)7-13/h3-5H,2,6,8H2,1H3,(H,16,17). The van der Waals surface area contributed by atoms with Gasteiger partial charge in [0.25, 0.3) is 5.69 Å². The molecule has 0 spiro atoms. The van der Waals surface area contributed by atoms with Gasteiger partial charge in [-0.3, -0.25) is 14.9 Å². The van der Waals surface area contributed by atoms with Gasteiger partial charge in [-0.15, -0.1) is 0 Å². The number of nitriles is 1. The van der Waals surface area contributed by atoms with Crippen molar-refractivity contribution in [3.05, 3.63) is 33.9 Å². The van der Waals surface area contributed by atoms with Crippen LogP contribution in [0.4, 0.5) is 5.69 Å². The average molecular weight is 327 g/mol. The number of benzene rings is 1. The predicted molar refractivity (Wildman–Crippen MR) is 74.5 cm³/mol. The zero-order chi connectivity index (χ0) is 16.9. The SMILES string of the molecule is CCCN(CC(=O)O)S(=O)(=O)c1cccc([N+](=O)[O-])c1C#N. The van der Waals surface area contributed by atoms with Crippen LogP contribution in [-0.2, 0) is 14.8 Å². The summed E-state index contributed by atoms with van der Waals surface area (Å²) in [4.78, 5) is 20.3. The number of carboxylic acids is 1. The number of carbonyl (C=O) groups is 1. The zero-order valence-corrected chi connectivity index (χ0v) is 12.4. The van der Waals surface area contributed by atoms with Crippen molar-refractivity contribution in [2.24, 2.45) is 0 Å². The molecule has 0 bridgehead atoms. The molecule has 0 radical (unpaired) electrons. The molecule has 0 aromatic heterocycles. The quantitative estimate of drug-likeness (QED) is 0.580. The van der Waals surface area contributed by atoms with Gasteiger partial charge in [-0.2, -0.15) is 9.57 Å². The van der Waals surface area contributed by atoms with Gasteiger partial charge in [0.2, 0.25) is 10.0 Å². The van der Waals surface area contributed by atoms with E-state index in [1.165, 1.54) is 6.07 Å². The first-order valence-corrected chi connectivity index (χ1v) is 7.59. The van der Waals surface area contributed by atoms with E-state index < -0.39 is 43.6 Å². The van der Waals surface area contributed by atoms with Gasteiger partial charge in [0, 0.05) is 12.6 Å². The first kappa shape index (κ1) is 17.5. The van der Waals surface area contributed by atoms with E-state index in [0.717, 1.165) is 18.2 Å². The largest absolute Gasteiger partial charge is 0.480 e. The van der Waals surface area contributed by atoms with Crippen molar-refractivity contribution in [2.75, 3.05) is 13.1 Å². The molecule has 0 aliphatic carbocycles. The average Bonchev–Trinajstić information content (AvgIpc) is 2.45. The molecule has 0 atom stereocenters. The molecule has 0 saturated heterocycles. The third-order valence-corrected chi connectivity index (χ3v) is 4.60. The number of nitro groups is 1. The van der Waals surface area contributed by atoms with E-state index in [0.29, 0.717) is 10.7 Å². The van der Waals surface area contributed by atoms with E-state index in [2.05, 4.69) is 0 Å². The van der Waals surface area contributed by atoms with Gasteiger partial charge in [-0.25, -0.2) is 8.42 Å². The lowest BCUT2D eigenvalue weighted by Gasteiger charge is -2.20. The number of hydrogen-bond acceptors (Lipinski definition) is 6. The lowest BCUT2D eigenvalue weighted by molar-refractivity contribution is -0.385. The molecule has 1 N–H and O–H groups in total. The maximum Gasteiger partial charge on any atom is 0.318 e. The monoisotopic (exact) mass is 327 g/mol. The lowest BCUT2D eigenvalue weighted by atomic mass is 10.2. The van der Waals surface area contributed by atoms with Crippen LogP contribution in [-0.4, -0.2) is 41.8 Å². The summed E-state index contributed by atoms with van der Waals surface area (Å²) in [7, 11) is -4.33. The van der Waals surface area contributed by atoms with Crippen molar-refractivity contribution in [3.8, 4) is 6.07 Å². The molecule has 0 unspecified atom stereocenters. The second-order valence-corrected chi connectivity index (χ2v) is 6.16. The summed E-state index contributed by atoms with van der Waals surface area (Å²) >= 11 is 0. The Bertz CT molecular complexity index is 738. The van der Waals surface area contributed by atoms with Gasteiger partial charge in [-0.05, 0) is 12.5 Å². The fraction of sp³-hybridized carbons (Fsp3) is 0.333. The molecule has 0 fully saturated rings. The van der Waals surface area contributed by atoms with Crippen molar-refractivity contribution >= 4 is 21.7 Å². The highest BCUT2D eigenvalue weighted by Gasteiger charge is 2.31. The molecule has 10 heteroatoms. The molecule has 1 aromatic carbocycles. The summed E-state index contributed by atoms with van der Waals surface area (Å²) in [5.74, 6) is -1.36. The van der Waals surface area contributed by atoms with Gasteiger partial charge in [0.1, 0.15) is 23.1 Å². The third-order valence-electron chi connectivity index (χ3n) is 2.72. The Kier molecular flexibility index (Phi) is 5.56. The van der Waals surface area contributed by atoms with E-state index in [9.17, 15) is 23.3 Å². The van der Waals surface area contributed by atoms with Gasteiger partial charge in [0.05, 0.1) is 4.92 Å². The van der Waals surface area contributed by atoms with Gasteiger partial charge in [-0.1, -0.05) is 13.0 Å². The topological polar surface area (TPSA) is 142 Å². The molecular formula is C12H13N3O6S. The van der Waals surface area contributed by atoms with Crippen molar-refractivity contribution in [2.45, 2.75) is 18.2 Å². The lowest BCUT2D eigenvalue weighted by Crippen LogP contribution is -2.36. The van der Waals surface area contributed by atoms with E-state index in [-0.39, 0.29) is 6.54 Å². The van der Waals surface area contributed by atoms with Crippen molar-refractivity contribution in [1.82, 2.24) is 4.31 Å².